The highest BCUT2D eigenvalue weighted by atomic mass is 35.5. The summed E-state index contributed by atoms with van der Waals surface area (Å²) >= 11 is 6.19. The molecular weight excluding hydrogens is 220 g/mol. The van der Waals surface area contributed by atoms with Gasteiger partial charge in [-0.2, -0.15) is 0 Å². The number of allylic oxidation sites excluding steroid dienone is 4. The lowest BCUT2D eigenvalue weighted by Gasteiger charge is -2.25. The van der Waals surface area contributed by atoms with Crippen LogP contribution in [-0.4, -0.2) is 5.78 Å². The summed E-state index contributed by atoms with van der Waals surface area (Å²) in [5, 5.41) is 0.547. The van der Waals surface area contributed by atoms with E-state index < -0.39 is 0 Å². The summed E-state index contributed by atoms with van der Waals surface area (Å²) in [4.78, 5) is 12.2. The number of ketones is 1. The molecule has 0 bridgehead atoms. The number of hydrogen-bond donors (Lipinski definition) is 0. The van der Waals surface area contributed by atoms with E-state index in [1.807, 2.05) is 0 Å². The quantitative estimate of drug-likeness (QED) is 0.677. The van der Waals surface area contributed by atoms with E-state index in [-0.39, 0.29) is 11.7 Å². The molecule has 0 N–H and O–H groups in total. The molecule has 0 radical (unpaired) electrons. The Balaban J connectivity index is 2.24. The molecule has 0 saturated carbocycles. The molecule has 2 heteroatoms. The van der Waals surface area contributed by atoms with Gasteiger partial charge in [0.2, 0.25) is 0 Å². The molecule has 2 rings (SSSR count). The van der Waals surface area contributed by atoms with E-state index in [0.29, 0.717) is 16.9 Å². The Hall–Kier alpha value is -0.560. The Labute approximate surface area is 103 Å². The monoisotopic (exact) mass is 238 g/mol. The van der Waals surface area contributed by atoms with Crippen molar-refractivity contribution in [1.82, 2.24) is 0 Å². The molecule has 0 saturated heterocycles. The number of halogens is 1. The first kappa shape index (κ1) is 11.9. The summed E-state index contributed by atoms with van der Waals surface area (Å²) in [6, 6.07) is 0. The van der Waals surface area contributed by atoms with Gasteiger partial charge < -0.3 is 0 Å². The zero-order chi connectivity index (χ0) is 11.7. The van der Waals surface area contributed by atoms with E-state index in [2.05, 4.69) is 26.0 Å². The molecule has 0 unspecified atom stereocenters. The minimum Gasteiger partial charge on any atom is -0.293 e. The Bertz CT molecular complexity index is 346. The summed E-state index contributed by atoms with van der Waals surface area (Å²) in [6.45, 7) is 4.27. The van der Waals surface area contributed by atoms with Gasteiger partial charge in [0.15, 0.2) is 5.78 Å². The summed E-state index contributed by atoms with van der Waals surface area (Å²) < 4.78 is 0. The lowest BCUT2D eigenvalue weighted by molar-refractivity contribution is -0.120. The molecule has 88 valence electrons. The van der Waals surface area contributed by atoms with Crippen LogP contribution in [0.25, 0.3) is 0 Å². The zero-order valence-electron chi connectivity index (χ0n) is 10.0. The van der Waals surface area contributed by atoms with Crippen LogP contribution in [-0.2, 0) is 4.79 Å². The molecular formula is C14H19ClO. The van der Waals surface area contributed by atoms with Gasteiger partial charge in [-0.3, -0.25) is 4.79 Å². The van der Waals surface area contributed by atoms with E-state index >= 15 is 0 Å². The SMILES string of the molecule is CCC1=C(Cl)C(=O)[C@H](C2CC=CC2)[C@H]1CC. The maximum absolute atomic E-state index is 12.2. The molecule has 0 spiro atoms. The van der Waals surface area contributed by atoms with Crippen molar-refractivity contribution in [3.63, 3.8) is 0 Å². The van der Waals surface area contributed by atoms with Crippen molar-refractivity contribution in [3.05, 3.63) is 22.8 Å². The fourth-order valence-corrected chi connectivity index (χ4v) is 3.66. The maximum Gasteiger partial charge on any atom is 0.178 e. The molecule has 2 aliphatic carbocycles. The summed E-state index contributed by atoms with van der Waals surface area (Å²) in [5.74, 6) is 1.26. The molecule has 2 atom stereocenters. The number of hydrogen-bond acceptors (Lipinski definition) is 1. The number of Topliss-reactive ketones (excluding diaryl/α,β-unsaturated/α-hetero) is 1. The minimum absolute atomic E-state index is 0.155. The van der Waals surface area contributed by atoms with Crippen LogP contribution >= 0.6 is 11.6 Å². The molecule has 0 fully saturated rings. The number of rotatable bonds is 3. The van der Waals surface area contributed by atoms with E-state index in [9.17, 15) is 4.79 Å². The Morgan fingerprint density at radius 1 is 1.31 bits per heavy atom. The summed E-state index contributed by atoms with van der Waals surface area (Å²) in [7, 11) is 0. The van der Waals surface area contributed by atoms with Crippen LogP contribution in [0.5, 0.6) is 0 Å². The predicted octanol–water partition coefficient (Wildman–Crippen LogP) is 4.08. The van der Waals surface area contributed by atoms with Gasteiger partial charge in [0, 0.05) is 5.92 Å². The fraction of sp³-hybridized carbons (Fsp3) is 0.643. The first-order chi connectivity index (χ1) is 7.70. The van der Waals surface area contributed by atoms with Crippen molar-refractivity contribution in [2.24, 2.45) is 17.8 Å². The van der Waals surface area contributed by atoms with Gasteiger partial charge in [-0.25, -0.2) is 0 Å². The second-order valence-corrected chi connectivity index (χ2v) is 5.18. The van der Waals surface area contributed by atoms with Crippen LogP contribution < -0.4 is 0 Å². The molecule has 16 heavy (non-hydrogen) atoms. The van der Waals surface area contributed by atoms with Gasteiger partial charge in [-0.15, -0.1) is 0 Å². The first-order valence-corrected chi connectivity index (χ1v) is 6.66. The molecule has 0 aromatic heterocycles. The molecule has 2 aliphatic rings. The van der Waals surface area contributed by atoms with E-state index in [1.165, 1.54) is 5.57 Å². The summed E-state index contributed by atoms with van der Waals surface area (Å²) in [6.07, 6.45) is 8.44. The number of carbonyl (C=O) groups excluding carboxylic acids is 1. The predicted molar refractivity (Wildman–Crippen MR) is 67.3 cm³/mol. The van der Waals surface area contributed by atoms with Crippen LogP contribution in [0.3, 0.4) is 0 Å². The smallest absolute Gasteiger partial charge is 0.178 e. The third-order valence-electron chi connectivity index (χ3n) is 4.06. The molecule has 0 aliphatic heterocycles. The standard InChI is InChI=1S/C14H19ClO/c1-3-10-11(4-2)13(15)14(16)12(10)9-7-5-6-8-9/h5-6,9-10,12H,3-4,7-8H2,1-2H3/t10-,12+/m0/s1. The second kappa shape index (κ2) is 4.75. The van der Waals surface area contributed by atoms with Crippen LogP contribution in [0.1, 0.15) is 39.5 Å². The summed E-state index contributed by atoms with van der Waals surface area (Å²) in [5.41, 5.74) is 1.20. The van der Waals surface area contributed by atoms with Crippen LogP contribution in [0.2, 0.25) is 0 Å². The largest absolute Gasteiger partial charge is 0.293 e. The van der Waals surface area contributed by atoms with Gasteiger partial charge in [-0.1, -0.05) is 37.6 Å². The van der Waals surface area contributed by atoms with Crippen molar-refractivity contribution >= 4 is 17.4 Å². The Morgan fingerprint density at radius 2 is 1.94 bits per heavy atom. The molecule has 1 nitrogen and oxygen atoms in total. The third-order valence-corrected chi connectivity index (χ3v) is 4.48. The van der Waals surface area contributed by atoms with Gasteiger partial charge in [0.1, 0.15) is 0 Å². The van der Waals surface area contributed by atoms with Crippen molar-refractivity contribution in [1.29, 1.82) is 0 Å². The van der Waals surface area contributed by atoms with Gasteiger partial charge in [-0.05, 0) is 43.1 Å². The highest BCUT2D eigenvalue weighted by Crippen LogP contribution is 2.46. The third kappa shape index (κ3) is 1.75. The highest BCUT2D eigenvalue weighted by Gasteiger charge is 2.43. The second-order valence-electron chi connectivity index (χ2n) is 4.80. The van der Waals surface area contributed by atoms with Crippen molar-refractivity contribution < 1.29 is 4.79 Å². The van der Waals surface area contributed by atoms with Crippen molar-refractivity contribution in [2.45, 2.75) is 39.5 Å². The lowest BCUT2D eigenvalue weighted by Crippen LogP contribution is -2.25. The normalized spacial score (nSPS) is 30.8. The first-order valence-electron chi connectivity index (χ1n) is 6.28. The topological polar surface area (TPSA) is 17.1 Å². The van der Waals surface area contributed by atoms with Crippen molar-refractivity contribution in [2.75, 3.05) is 0 Å². The van der Waals surface area contributed by atoms with Crippen LogP contribution in [0.4, 0.5) is 0 Å². The molecule has 0 amide bonds. The Morgan fingerprint density at radius 3 is 2.44 bits per heavy atom. The van der Waals surface area contributed by atoms with Gasteiger partial charge in [0.25, 0.3) is 0 Å². The van der Waals surface area contributed by atoms with Crippen LogP contribution in [0, 0.1) is 17.8 Å². The van der Waals surface area contributed by atoms with E-state index in [4.69, 9.17) is 11.6 Å². The maximum atomic E-state index is 12.2. The fourth-order valence-electron chi connectivity index (χ4n) is 3.26. The molecule has 0 heterocycles. The van der Waals surface area contributed by atoms with Crippen molar-refractivity contribution in [3.8, 4) is 0 Å². The van der Waals surface area contributed by atoms with E-state index in [0.717, 1.165) is 25.7 Å². The zero-order valence-corrected chi connectivity index (χ0v) is 10.8. The van der Waals surface area contributed by atoms with Crippen LogP contribution in [0.15, 0.2) is 22.8 Å². The average molecular weight is 239 g/mol. The number of carbonyl (C=O) groups is 1. The lowest BCUT2D eigenvalue weighted by atomic mass is 9.78. The average Bonchev–Trinajstić information content (AvgIpc) is 2.87. The molecule has 0 aromatic carbocycles. The molecule has 0 aromatic rings. The van der Waals surface area contributed by atoms with Gasteiger partial charge >= 0.3 is 0 Å². The van der Waals surface area contributed by atoms with Gasteiger partial charge in [0.05, 0.1) is 5.03 Å². The highest BCUT2D eigenvalue weighted by molar-refractivity contribution is 6.44. The minimum atomic E-state index is 0.155. The van der Waals surface area contributed by atoms with E-state index in [1.54, 1.807) is 0 Å². The Kier molecular flexibility index (Phi) is 3.53.